The molecular formula is C14H19F2NO2. The van der Waals surface area contributed by atoms with Crippen LogP contribution in [0.4, 0.5) is 8.78 Å². The zero-order chi connectivity index (χ0) is 14.1. The Labute approximate surface area is 111 Å². The molecule has 0 unspecified atom stereocenters. The minimum absolute atomic E-state index is 0.103. The number of unbranched alkanes of at least 4 members (excludes halogenated alkanes) is 2. The number of halogens is 2. The topological polar surface area (TPSA) is 49.3 Å². The smallest absolute Gasteiger partial charge is 0.220 e. The van der Waals surface area contributed by atoms with Gasteiger partial charge in [-0.25, -0.2) is 8.78 Å². The van der Waals surface area contributed by atoms with Crippen molar-refractivity contribution in [3.8, 4) is 0 Å². The zero-order valence-corrected chi connectivity index (χ0v) is 10.8. The van der Waals surface area contributed by atoms with Crippen LogP contribution in [0.1, 0.15) is 31.2 Å². The average Bonchev–Trinajstić information content (AvgIpc) is 2.40. The molecular weight excluding hydrogens is 252 g/mol. The molecule has 1 amide bonds. The van der Waals surface area contributed by atoms with Crippen LogP contribution in [0.5, 0.6) is 0 Å². The lowest BCUT2D eigenvalue weighted by Gasteiger charge is -2.05. The van der Waals surface area contributed by atoms with E-state index in [4.69, 9.17) is 5.11 Å². The second kappa shape index (κ2) is 8.58. The molecule has 0 spiro atoms. The second-order valence-electron chi connectivity index (χ2n) is 4.38. The molecule has 0 saturated carbocycles. The van der Waals surface area contributed by atoms with E-state index in [1.165, 1.54) is 6.07 Å². The molecule has 1 aromatic carbocycles. The molecule has 0 heterocycles. The molecule has 0 atom stereocenters. The fourth-order valence-corrected chi connectivity index (χ4v) is 1.68. The molecule has 0 saturated heterocycles. The molecule has 0 radical (unpaired) electrons. The summed E-state index contributed by atoms with van der Waals surface area (Å²) in [6.45, 7) is 0.751. The third-order valence-corrected chi connectivity index (χ3v) is 2.78. The van der Waals surface area contributed by atoms with Crippen molar-refractivity contribution in [2.75, 3.05) is 13.2 Å². The highest BCUT2D eigenvalue weighted by Gasteiger charge is 2.05. The summed E-state index contributed by atoms with van der Waals surface area (Å²) in [7, 11) is 0. The Hall–Kier alpha value is -1.49. The van der Waals surface area contributed by atoms with Gasteiger partial charge in [0.25, 0.3) is 0 Å². The first-order valence-corrected chi connectivity index (χ1v) is 6.45. The van der Waals surface area contributed by atoms with Gasteiger partial charge in [0.1, 0.15) is 0 Å². The summed E-state index contributed by atoms with van der Waals surface area (Å²) in [5.74, 6) is -1.87. The van der Waals surface area contributed by atoms with Crippen LogP contribution in [0.15, 0.2) is 18.2 Å². The maximum Gasteiger partial charge on any atom is 0.220 e. The monoisotopic (exact) mass is 271 g/mol. The van der Waals surface area contributed by atoms with E-state index in [2.05, 4.69) is 5.32 Å². The van der Waals surface area contributed by atoms with Crippen LogP contribution in [0, 0.1) is 11.6 Å². The maximum atomic E-state index is 12.9. The SMILES string of the molecule is O=C(CCc1ccc(F)c(F)c1)NCCCCCO. The lowest BCUT2D eigenvalue weighted by atomic mass is 10.1. The van der Waals surface area contributed by atoms with Crippen LogP contribution in [-0.2, 0) is 11.2 Å². The van der Waals surface area contributed by atoms with Crippen molar-refractivity contribution in [2.24, 2.45) is 0 Å². The van der Waals surface area contributed by atoms with Crippen LogP contribution >= 0.6 is 0 Å². The maximum absolute atomic E-state index is 12.9. The van der Waals surface area contributed by atoms with E-state index >= 15 is 0 Å². The first-order valence-electron chi connectivity index (χ1n) is 6.45. The van der Waals surface area contributed by atoms with E-state index in [1.54, 1.807) is 0 Å². The van der Waals surface area contributed by atoms with E-state index in [0.29, 0.717) is 18.5 Å². The van der Waals surface area contributed by atoms with Gasteiger partial charge in [-0.15, -0.1) is 0 Å². The zero-order valence-electron chi connectivity index (χ0n) is 10.8. The van der Waals surface area contributed by atoms with Crippen molar-refractivity contribution in [1.82, 2.24) is 5.32 Å². The highest BCUT2D eigenvalue weighted by atomic mass is 19.2. The van der Waals surface area contributed by atoms with E-state index in [0.717, 1.165) is 31.4 Å². The van der Waals surface area contributed by atoms with Gasteiger partial charge in [0.05, 0.1) is 0 Å². The Morgan fingerprint density at radius 3 is 2.63 bits per heavy atom. The number of nitrogens with one attached hydrogen (secondary N) is 1. The van der Waals surface area contributed by atoms with Crippen molar-refractivity contribution in [3.05, 3.63) is 35.4 Å². The fourth-order valence-electron chi connectivity index (χ4n) is 1.68. The molecule has 0 aliphatic carbocycles. The minimum atomic E-state index is -0.887. The number of carbonyl (C=O) groups is 1. The number of aryl methyl sites for hydroxylation is 1. The number of benzene rings is 1. The lowest BCUT2D eigenvalue weighted by molar-refractivity contribution is -0.121. The summed E-state index contributed by atoms with van der Waals surface area (Å²) in [5.41, 5.74) is 0.606. The summed E-state index contributed by atoms with van der Waals surface area (Å²) < 4.78 is 25.6. The number of aliphatic hydroxyl groups is 1. The van der Waals surface area contributed by atoms with Gasteiger partial charge in [-0.1, -0.05) is 6.07 Å². The first kappa shape index (κ1) is 15.6. The molecule has 0 bridgehead atoms. The van der Waals surface area contributed by atoms with E-state index in [1.807, 2.05) is 0 Å². The van der Waals surface area contributed by atoms with E-state index < -0.39 is 11.6 Å². The molecule has 0 aromatic heterocycles. The molecule has 0 fully saturated rings. The standard InChI is InChI=1S/C14H19F2NO2/c15-12-6-4-11(10-13(12)16)5-7-14(19)17-8-2-1-3-9-18/h4,6,10,18H,1-3,5,7-9H2,(H,17,19). The summed E-state index contributed by atoms with van der Waals surface area (Å²) in [6.07, 6.45) is 3.09. The van der Waals surface area contributed by atoms with Crippen molar-refractivity contribution >= 4 is 5.91 Å². The van der Waals surface area contributed by atoms with Gasteiger partial charge in [-0.3, -0.25) is 4.79 Å². The summed E-state index contributed by atoms with van der Waals surface area (Å²) >= 11 is 0. The Morgan fingerprint density at radius 2 is 1.95 bits per heavy atom. The summed E-state index contributed by atoms with van der Waals surface area (Å²) in [6, 6.07) is 3.66. The largest absolute Gasteiger partial charge is 0.396 e. The van der Waals surface area contributed by atoms with Gasteiger partial charge < -0.3 is 10.4 Å². The van der Waals surface area contributed by atoms with Gasteiger partial charge in [0.2, 0.25) is 5.91 Å². The number of carbonyl (C=O) groups excluding carboxylic acids is 1. The van der Waals surface area contributed by atoms with Gasteiger partial charge in [0, 0.05) is 19.6 Å². The molecule has 1 aromatic rings. The number of hydrogen-bond donors (Lipinski definition) is 2. The van der Waals surface area contributed by atoms with E-state index in [-0.39, 0.29) is 18.9 Å². The Bertz CT molecular complexity index is 410. The second-order valence-corrected chi connectivity index (χ2v) is 4.38. The third kappa shape index (κ3) is 6.29. The normalized spacial score (nSPS) is 10.5. The first-order chi connectivity index (χ1) is 9.13. The average molecular weight is 271 g/mol. The van der Waals surface area contributed by atoms with Crippen LogP contribution in [0.3, 0.4) is 0 Å². The number of amides is 1. The van der Waals surface area contributed by atoms with Gasteiger partial charge in [0.15, 0.2) is 11.6 Å². The van der Waals surface area contributed by atoms with Gasteiger partial charge in [-0.2, -0.15) is 0 Å². The summed E-state index contributed by atoms with van der Waals surface area (Å²) in [4.78, 5) is 11.5. The third-order valence-electron chi connectivity index (χ3n) is 2.78. The van der Waals surface area contributed by atoms with Crippen LogP contribution < -0.4 is 5.32 Å². The lowest BCUT2D eigenvalue weighted by Crippen LogP contribution is -2.24. The molecule has 3 nitrogen and oxygen atoms in total. The number of aliphatic hydroxyl groups excluding tert-OH is 1. The highest BCUT2D eigenvalue weighted by molar-refractivity contribution is 5.76. The fraction of sp³-hybridized carbons (Fsp3) is 0.500. The van der Waals surface area contributed by atoms with Crippen LogP contribution in [-0.4, -0.2) is 24.2 Å². The molecule has 2 N–H and O–H groups in total. The molecule has 5 heteroatoms. The van der Waals surface area contributed by atoms with Crippen molar-refractivity contribution in [1.29, 1.82) is 0 Å². The Morgan fingerprint density at radius 1 is 1.16 bits per heavy atom. The molecule has 0 aliphatic rings. The van der Waals surface area contributed by atoms with Crippen LogP contribution in [0.25, 0.3) is 0 Å². The molecule has 106 valence electrons. The predicted molar refractivity (Wildman–Crippen MR) is 68.6 cm³/mol. The Kier molecular flexibility index (Phi) is 7.03. The van der Waals surface area contributed by atoms with Crippen molar-refractivity contribution < 1.29 is 18.7 Å². The molecule has 0 aliphatic heterocycles. The predicted octanol–water partition coefficient (Wildman–Crippen LogP) is 2.18. The highest BCUT2D eigenvalue weighted by Crippen LogP contribution is 2.10. The number of rotatable bonds is 8. The van der Waals surface area contributed by atoms with Crippen LogP contribution in [0.2, 0.25) is 0 Å². The Balaban J connectivity index is 2.20. The van der Waals surface area contributed by atoms with Crippen molar-refractivity contribution in [2.45, 2.75) is 32.1 Å². The molecule has 1 rings (SSSR count). The van der Waals surface area contributed by atoms with Gasteiger partial charge >= 0.3 is 0 Å². The van der Waals surface area contributed by atoms with Gasteiger partial charge in [-0.05, 0) is 43.4 Å². The van der Waals surface area contributed by atoms with Crippen molar-refractivity contribution in [3.63, 3.8) is 0 Å². The quantitative estimate of drug-likeness (QED) is 0.712. The molecule has 19 heavy (non-hydrogen) atoms. The minimum Gasteiger partial charge on any atom is -0.396 e. The van der Waals surface area contributed by atoms with E-state index in [9.17, 15) is 13.6 Å². The summed E-state index contributed by atoms with van der Waals surface area (Å²) in [5, 5.41) is 11.3. The number of hydrogen-bond acceptors (Lipinski definition) is 2.